The lowest BCUT2D eigenvalue weighted by atomic mass is 10.3. The van der Waals surface area contributed by atoms with E-state index in [9.17, 15) is 9.59 Å². The maximum Gasteiger partial charge on any atom is 0.348 e. The molecule has 22 heavy (non-hydrogen) atoms. The molecule has 0 aliphatic heterocycles. The van der Waals surface area contributed by atoms with Crippen molar-refractivity contribution in [3.63, 3.8) is 0 Å². The maximum atomic E-state index is 12.4. The van der Waals surface area contributed by atoms with Crippen molar-refractivity contribution in [1.29, 1.82) is 0 Å². The molecule has 1 amide bonds. The van der Waals surface area contributed by atoms with E-state index in [0.717, 1.165) is 5.69 Å². The summed E-state index contributed by atoms with van der Waals surface area (Å²) in [6.07, 6.45) is 0. The molecule has 0 saturated heterocycles. The number of aromatic amines is 1. The zero-order chi connectivity index (χ0) is 15.5. The molecule has 0 aliphatic rings. The van der Waals surface area contributed by atoms with Crippen LogP contribution in [0.5, 0.6) is 0 Å². The highest BCUT2D eigenvalue weighted by Gasteiger charge is 2.19. The molecule has 3 rings (SSSR count). The Bertz CT molecular complexity index is 837. The van der Waals surface area contributed by atoms with Gasteiger partial charge in [0.15, 0.2) is 0 Å². The van der Waals surface area contributed by atoms with Crippen LogP contribution in [0.3, 0.4) is 0 Å². The molecule has 6 nitrogen and oxygen atoms in total. The number of hydrogen-bond donors (Lipinski definition) is 1. The minimum atomic E-state index is -0.448. The van der Waals surface area contributed by atoms with E-state index in [2.05, 4.69) is 10.1 Å². The summed E-state index contributed by atoms with van der Waals surface area (Å²) < 4.78 is 1.17. The van der Waals surface area contributed by atoms with Gasteiger partial charge in [-0.3, -0.25) is 9.78 Å². The number of anilines is 1. The standard InChI is InChI=1S/C16H14N4O2/c1-19(12-8-4-2-5-9-12)15(21)14-17-16(22)20(18-14)13-10-6-3-7-11-13/h2-11H,1H3,(H,17,18,22). The van der Waals surface area contributed by atoms with Gasteiger partial charge in [-0.25, -0.2) is 4.79 Å². The smallest absolute Gasteiger partial charge is 0.309 e. The summed E-state index contributed by atoms with van der Waals surface area (Å²) in [6, 6.07) is 18.1. The predicted molar refractivity (Wildman–Crippen MR) is 83.4 cm³/mol. The lowest BCUT2D eigenvalue weighted by Crippen LogP contribution is -2.27. The fraction of sp³-hybridized carbons (Fsp3) is 0.0625. The monoisotopic (exact) mass is 294 g/mol. The first-order valence-corrected chi connectivity index (χ1v) is 6.74. The molecule has 1 heterocycles. The molecule has 3 aromatic rings. The number of benzene rings is 2. The van der Waals surface area contributed by atoms with Crippen LogP contribution in [0.15, 0.2) is 65.5 Å². The molecule has 0 unspecified atom stereocenters. The highest BCUT2D eigenvalue weighted by atomic mass is 16.2. The van der Waals surface area contributed by atoms with Crippen molar-refractivity contribution < 1.29 is 4.79 Å². The summed E-state index contributed by atoms with van der Waals surface area (Å²) in [5, 5.41) is 4.08. The average molecular weight is 294 g/mol. The van der Waals surface area contributed by atoms with Gasteiger partial charge in [0.1, 0.15) is 0 Å². The van der Waals surface area contributed by atoms with Crippen LogP contribution in [-0.2, 0) is 0 Å². The van der Waals surface area contributed by atoms with Crippen molar-refractivity contribution in [3.8, 4) is 5.69 Å². The summed E-state index contributed by atoms with van der Waals surface area (Å²) >= 11 is 0. The second-order valence-corrected chi connectivity index (χ2v) is 4.73. The van der Waals surface area contributed by atoms with E-state index in [4.69, 9.17) is 0 Å². The number of rotatable bonds is 3. The Labute approximate surface area is 126 Å². The number of hydrogen-bond acceptors (Lipinski definition) is 3. The minimum Gasteiger partial charge on any atom is -0.309 e. The normalized spacial score (nSPS) is 10.4. The van der Waals surface area contributed by atoms with Crippen LogP contribution in [0.4, 0.5) is 5.69 Å². The van der Waals surface area contributed by atoms with Gasteiger partial charge in [-0.2, -0.15) is 4.68 Å². The Balaban J connectivity index is 1.93. The zero-order valence-electron chi connectivity index (χ0n) is 11.9. The molecule has 0 aliphatic carbocycles. The van der Waals surface area contributed by atoms with Crippen LogP contribution in [0, 0.1) is 0 Å². The number of carbonyl (C=O) groups is 1. The van der Waals surface area contributed by atoms with Crippen molar-refractivity contribution in [2.75, 3.05) is 11.9 Å². The van der Waals surface area contributed by atoms with E-state index >= 15 is 0 Å². The zero-order valence-corrected chi connectivity index (χ0v) is 11.9. The van der Waals surface area contributed by atoms with Gasteiger partial charge in [0, 0.05) is 12.7 Å². The van der Waals surface area contributed by atoms with Crippen LogP contribution in [0.2, 0.25) is 0 Å². The van der Waals surface area contributed by atoms with E-state index in [1.165, 1.54) is 9.58 Å². The first-order valence-electron chi connectivity index (χ1n) is 6.74. The third kappa shape index (κ3) is 2.54. The van der Waals surface area contributed by atoms with E-state index in [0.29, 0.717) is 5.69 Å². The molecule has 2 aromatic carbocycles. The summed E-state index contributed by atoms with van der Waals surface area (Å²) in [6.45, 7) is 0. The molecule has 0 saturated carbocycles. The average Bonchev–Trinajstić information content (AvgIpc) is 2.97. The van der Waals surface area contributed by atoms with Gasteiger partial charge in [0.2, 0.25) is 5.82 Å². The molecule has 1 aromatic heterocycles. The van der Waals surface area contributed by atoms with Crippen molar-refractivity contribution in [2.24, 2.45) is 0 Å². The third-order valence-corrected chi connectivity index (χ3v) is 3.27. The Kier molecular flexibility index (Phi) is 3.57. The largest absolute Gasteiger partial charge is 0.348 e. The predicted octanol–water partition coefficient (Wildman–Crippen LogP) is 1.84. The van der Waals surface area contributed by atoms with Gasteiger partial charge >= 0.3 is 5.69 Å². The molecule has 0 bridgehead atoms. The molecule has 0 radical (unpaired) electrons. The van der Waals surface area contributed by atoms with Crippen molar-refractivity contribution in [2.45, 2.75) is 0 Å². The molecule has 0 spiro atoms. The third-order valence-electron chi connectivity index (χ3n) is 3.27. The van der Waals surface area contributed by atoms with E-state index < -0.39 is 5.69 Å². The van der Waals surface area contributed by atoms with E-state index in [-0.39, 0.29) is 11.7 Å². The number of amides is 1. The van der Waals surface area contributed by atoms with Crippen LogP contribution < -0.4 is 10.6 Å². The maximum absolute atomic E-state index is 12.4. The fourth-order valence-electron chi connectivity index (χ4n) is 2.09. The summed E-state index contributed by atoms with van der Waals surface area (Å²) in [5.74, 6) is -0.377. The van der Waals surface area contributed by atoms with Crippen molar-refractivity contribution in [3.05, 3.63) is 77.0 Å². The molecule has 6 heteroatoms. The van der Waals surface area contributed by atoms with Gasteiger partial charge in [0.25, 0.3) is 5.91 Å². The highest BCUT2D eigenvalue weighted by molar-refractivity contribution is 6.03. The second kappa shape index (κ2) is 5.69. The van der Waals surface area contributed by atoms with Crippen LogP contribution in [0.25, 0.3) is 5.69 Å². The van der Waals surface area contributed by atoms with Crippen LogP contribution in [-0.4, -0.2) is 27.7 Å². The number of carbonyl (C=O) groups excluding carboxylic acids is 1. The van der Waals surface area contributed by atoms with Gasteiger partial charge < -0.3 is 4.90 Å². The molecule has 1 N–H and O–H groups in total. The second-order valence-electron chi connectivity index (χ2n) is 4.73. The molecule has 0 fully saturated rings. The number of aromatic nitrogens is 3. The van der Waals surface area contributed by atoms with E-state index in [1.54, 1.807) is 31.3 Å². The Morgan fingerprint density at radius 3 is 2.27 bits per heavy atom. The fourth-order valence-corrected chi connectivity index (χ4v) is 2.09. The van der Waals surface area contributed by atoms with Gasteiger partial charge in [-0.1, -0.05) is 36.4 Å². The molecular formula is C16H14N4O2. The molecular weight excluding hydrogens is 280 g/mol. The first kappa shape index (κ1) is 13.8. The van der Waals surface area contributed by atoms with Gasteiger partial charge in [-0.15, -0.1) is 5.10 Å². The van der Waals surface area contributed by atoms with Crippen LogP contribution in [0.1, 0.15) is 10.6 Å². The van der Waals surface area contributed by atoms with Crippen LogP contribution >= 0.6 is 0 Å². The van der Waals surface area contributed by atoms with Gasteiger partial charge in [-0.05, 0) is 24.3 Å². The Morgan fingerprint density at radius 1 is 1.05 bits per heavy atom. The summed E-state index contributed by atoms with van der Waals surface area (Å²) in [5.41, 5.74) is 0.879. The minimum absolute atomic E-state index is 0.000191. The first-order chi connectivity index (χ1) is 10.7. The number of nitrogens with one attached hydrogen (secondary N) is 1. The quantitative estimate of drug-likeness (QED) is 0.801. The number of H-pyrrole nitrogens is 1. The van der Waals surface area contributed by atoms with E-state index in [1.807, 2.05) is 36.4 Å². The highest BCUT2D eigenvalue weighted by Crippen LogP contribution is 2.13. The Morgan fingerprint density at radius 2 is 1.64 bits per heavy atom. The topological polar surface area (TPSA) is 71.0 Å². The van der Waals surface area contributed by atoms with Crippen molar-refractivity contribution >= 4 is 11.6 Å². The summed E-state index contributed by atoms with van der Waals surface area (Å²) in [4.78, 5) is 28.3. The molecule has 110 valence electrons. The Hall–Kier alpha value is -3.15. The number of para-hydroxylation sites is 2. The SMILES string of the molecule is CN(C(=O)c1nn(-c2ccccc2)c(=O)[nH]1)c1ccccc1. The lowest BCUT2D eigenvalue weighted by Gasteiger charge is -2.15. The number of nitrogens with zero attached hydrogens (tertiary/aromatic N) is 3. The van der Waals surface area contributed by atoms with Gasteiger partial charge in [0.05, 0.1) is 5.69 Å². The van der Waals surface area contributed by atoms with Crippen molar-refractivity contribution in [1.82, 2.24) is 14.8 Å². The molecule has 0 atom stereocenters. The summed E-state index contributed by atoms with van der Waals surface area (Å²) in [7, 11) is 1.64. The lowest BCUT2D eigenvalue weighted by molar-refractivity contribution is 0.0983.